The van der Waals surface area contributed by atoms with E-state index in [0.29, 0.717) is 24.0 Å². The lowest BCUT2D eigenvalue weighted by atomic mass is 10.1. The van der Waals surface area contributed by atoms with Crippen LogP contribution in [0.5, 0.6) is 0 Å². The number of fused-ring (bicyclic) bond motifs is 1. The van der Waals surface area contributed by atoms with E-state index in [1.54, 1.807) is 19.1 Å². The van der Waals surface area contributed by atoms with Crippen LogP contribution in [0.15, 0.2) is 33.7 Å². The number of rotatable bonds is 4. The lowest BCUT2D eigenvalue weighted by molar-refractivity contribution is 0.0751. The van der Waals surface area contributed by atoms with Crippen LogP contribution in [-0.2, 0) is 0 Å². The first-order valence-electron chi connectivity index (χ1n) is 6.97. The van der Waals surface area contributed by atoms with Gasteiger partial charge in [0.05, 0.1) is 12.0 Å². The molecule has 0 spiro atoms. The summed E-state index contributed by atoms with van der Waals surface area (Å²) in [6.45, 7) is 4.33. The monoisotopic (exact) mass is 361 g/mol. The van der Waals surface area contributed by atoms with Crippen LogP contribution in [0, 0.1) is 17.2 Å². The molecular weight excluding hydrogens is 346 g/mol. The second kappa shape index (κ2) is 6.75. The maximum absolute atomic E-state index is 12.6. The molecule has 0 saturated carbocycles. The molecule has 22 heavy (non-hydrogen) atoms. The standard InChI is InChI=1S/C16H16BrN3O2/c1-3-20(9-10(2)7-18)16(22)13-8-19-14-5-4-11(17)6-12(14)15(13)21/h4-6,8,10H,3,9H2,1-2H3,(H,19,21)/t10-/m0/s1. The van der Waals surface area contributed by atoms with Crippen LogP contribution in [0.1, 0.15) is 24.2 Å². The Bertz CT molecular complexity index is 807. The van der Waals surface area contributed by atoms with Gasteiger partial charge in [-0.05, 0) is 32.0 Å². The molecule has 5 nitrogen and oxygen atoms in total. The summed E-state index contributed by atoms with van der Waals surface area (Å²) in [7, 11) is 0. The minimum Gasteiger partial charge on any atom is -0.360 e. The normalized spacial score (nSPS) is 11.9. The first-order valence-corrected chi connectivity index (χ1v) is 7.77. The summed E-state index contributed by atoms with van der Waals surface area (Å²) in [5, 5.41) is 9.36. The molecule has 1 atom stereocenters. The zero-order chi connectivity index (χ0) is 16.3. The molecule has 1 amide bonds. The molecule has 0 aliphatic rings. The minimum atomic E-state index is -0.354. The molecule has 0 radical (unpaired) electrons. The molecule has 1 heterocycles. The van der Waals surface area contributed by atoms with Crippen molar-refractivity contribution in [2.24, 2.45) is 5.92 Å². The van der Waals surface area contributed by atoms with Gasteiger partial charge in [-0.3, -0.25) is 9.59 Å². The van der Waals surface area contributed by atoms with E-state index in [4.69, 9.17) is 5.26 Å². The van der Waals surface area contributed by atoms with E-state index in [1.807, 2.05) is 13.0 Å². The van der Waals surface area contributed by atoms with Crippen molar-refractivity contribution in [1.29, 1.82) is 5.26 Å². The fourth-order valence-corrected chi connectivity index (χ4v) is 2.61. The molecule has 0 aliphatic carbocycles. The number of nitriles is 1. The van der Waals surface area contributed by atoms with Crippen LogP contribution in [0.4, 0.5) is 0 Å². The summed E-state index contributed by atoms with van der Waals surface area (Å²) in [5.41, 5.74) is 0.471. The number of aromatic nitrogens is 1. The third-order valence-corrected chi connectivity index (χ3v) is 3.95. The predicted molar refractivity (Wildman–Crippen MR) is 88.6 cm³/mol. The van der Waals surface area contributed by atoms with Crippen molar-refractivity contribution >= 4 is 32.7 Å². The van der Waals surface area contributed by atoms with Gasteiger partial charge in [-0.1, -0.05) is 15.9 Å². The van der Waals surface area contributed by atoms with Gasteiger partial charge < -0.3 is 9.88 Å². The molecular formula is C16H16BrN3O2. The first-order chi connectivity index (χ1) is 10.5. The van der Waals surface area contributed by atoms with Gasteiger partial charge in [0, 0.05) is 34.7 Å². The molecule has 1 aromatic heterocycles. The van der Waals surface area contributed by atoms with Crippen molar-refractivity contribution in [1.82, 2.24) is 9.88 Å². The second-order valence-electron chi connectivity index (χ2n) is 5.10. The van der Waals surface area contributed by atoms with Crippen molar-refractivity contribution < 1.29 is 4.79 Å². The number of halogens is 1. The van der Waals surface area contributed by atoms with Crippen LogP contribution in [-0.4, -0.2) is 28.9 Å². The maximum atomic E-state index is 12.6. The Balaban J connectivity index is 2.45. The first kappa shape index (κ1) is 16.2. The Kier molecular flexibility index (Phi) is 4.99. The number of benzene rings is 1. The Labute approximate surface area is 136 Å². The molecule has 0 saturated heterocycles. The number of hydrogen-bond acceptors (Lipinski definition) is 3. The summed E-state index contributed by atoms with van der Waals surface area (Å²) >= 11 is 3.33. The number of H-pyrrole nitrogens is 1. The van der Waals surface area contributed by atoms with Crippen LogP contribution >= 0.6 is 15.9 Å². The third kappa shape index (κ3) is 3.20. The maximum Gasteiger partial charge on any atom is 0.259 e. The van der Waals surface area contributed by atoms with Gasteiger partial charge in [0.15, 0.2) is 0 Å². The number of nitrogens with one attached hydrogen (secondary N) is 1. The molecule has 2 rings (SSSR count). The largest absolute Gasteiger partial charge is 0.360 e. The van der Waals surface area contributed by atoms with E-state index in [0.717, 1.165) is 4.47 Å². The number of amides is 1. The van der Waals surface area contributed by atoms with E-state index in [9.17, 15) is 9.59 Å². The minimum absolute atomic E-state index is 0.0950. The number of carbonyl (C=O) groups is 1. The number of carbonyl (C=O) groups excluding carboxylic acids is 1. The Morgan fingerprint density at radius 3 is 2.86 bits per heavy atom. The topological polar surface area (TPSA) is 77.0 Å². The predicted octanol–water partition coefficient (Wildman–Crippen LogP) is 2.91. The smallest absolute Gasteiger partial charge is 0.259 e. The van der Waals surface area contributed by atoms with Crippen molar-refractivity contribution in [3.05, 3.63) is 44.7 Å². The zero-order valence-electron chi connectivity index (χ0n) is 12.4. The Hall–Kier alpha value is -2.13. The van der Waals surface area contributed by atoms with Gasteiger partial charge in [0.1, 0.15) is 5.56 Å². The van der Waals surface area contributed by atoms with Gasteiger partial charge in [0.2, 0.25) is 5.43 Å². The van der Waals surface area contributed by atoms with Gasteiger partial charge >= 0.3 is 0 Å². The highest BCUT2D eigenvalue weighted by Gasteiger charge is 2.20. The highest BCUT2D eigenvalue weighted by molar-refractivity contribution is 9.10. The lowest BCUT2D eigenvalue weighted by Gasteiger charge is -2.21. The summed E-state index contributed by atoms with van der Waals surface area (Å²) in [6, 6.07) is 7.40. The fraction of sp³-hybridized carbons (Fsp3) is 0.312. The molecule has 1 aromatic carbocycles. The van der Waals surface area contributed by atoms with Crippen molar-refractivity contribution in [2.45, 2.75) is 13.8 Å². The number of nitrogens with zero attached hydrogens (tertiary/aromatic N) is 2. The van der Waals surface area contributed by atoms with Gasteiger partial charge in [-0.2, -0.15) is 5.26 Å². The quantitative estimate of drug-likeness (QED) is 0.909. The summed E-state index contributed by atoms with van der Waals surface area (Å²) in [4.78, 5) is 29.6. The van der Waals surface area contributed by atoms with Crippen LogP contribution in [0.2, 0.25) is 0 Å². The molecule has 0 fully saturated rings. The van der Waals surface area contributed by atoms with Gasteiger partial charge in [-0.15, -0.1) is 0 Å². The third-order valence-electron chi connectivity index (χ3n) is 3.46. The van der Waals surface area contributed by atoms with Crippen molar-refractivity contribution in [3.63, 3.8) is 0 Å². The van der Waals surface area contributed by atoms with E-state index in [-0.39, 0.29) is 22.8 Å². The zero-order valence-corrected chi connectivity index (χ0v) is 14.0. The molecule has 2 aromatic rings. The average molecular weight is 362 g/mol. The van der Waals surface area contributed by atoms with Crippen molar-refractivity contribution in [2.75, 3.05) is 13.1 Å². The molecule has 6 heteroatoms. The highest BCUT2D eigenvalue weighted by Crippen LogP contribution is 2.16. The molecule has 0 aliphatic heterocycles. The van der Waals surface area contributed by atoms with Gasteiger partial charge in [-0.25, -0.2) is 0 Å². The van der Waals surface area contributed by atoms with E-state index >= 15 is 0 Å². The SMILES string of the molecule is CCN(C[C@@H](C)C#N)C(=O)c1c[nH]c2ccc(Br)cc2c1=O. The van der Waals surface area contributed by atoms with E-state index in [2.05, 4.69) is 27.0 Å². The number of aromatic amines is 1. The summed E-state index contributed by atoms with van der Waals surface area (Å²) in [6.07, 6.45) is 1.45. The lowest BCUT2D eigenvalue weighted by Crippen LogP contribution is -2.37. The Morgan fingerprint density at radius 2 is 2.23 bits per heavy atom. The molecule has 114 valence electrons. The molecule has 0 unspecified atom stereocenters. The van der Waals surface area contributed by atoms with Crippen LogP contribution < -0.4 is 5.43 Å². The summed E-state index contributed by atoms with van der Waals surface area (Å²) in [5.74, 6) is -0.634. The van der Waals surface area contributed by atoms with E-state index < -0.39 is 0 Å². The number of pyridine rings is 1. The number of hydrogen-bond donors (Lipinski definition) is 1. The summed E-state index contributed by atoms with van der Waals surface area (Å²) < 4.78 is 0.778. The highest BCUT2D eigenvalue weighted by atomic mass is 79.9. The molecule has 1 N–H and O–H groups in total. The van der Waals surface area contributed by atoms with E-state index in [1.165, 1.54) is 11.1 Å². The Morgan fingerprint density at radius 1 is 1.50 bits per heavy atom. The van der Waals surface area contributed by atoms with Crippen molar-refractivity contribution in [3.8, 4) is 6.07 Å². The second-order valence-corrected chi connectivity index (χ2v) is 6.01. The van der Waals surface area contributed by atoms with Crippen LogP contribution in [0.3, 0.4) is 0 Å². The van der Waals surface area contributed by atoms with Gasteiger partial charge in [0.25, 0.3) is 5.91 Å². The van der Waals surface area contributed by atoms with Crippen LogP contribution in [0.25, 0.3) is 10.9 Å². The average Bonchev–Trinajstić information content (AvgIpc) is 2.52. The fourth-order valence-electron chi connectivity index (χ4n) is 2.25. The molecule has 0 bridgehead atoms.